The van der Waals surface area contributed by atoms with Crippen LogP contribution in [0.3, 0.4) is 0 Å². The number of nitrogens with zero attached hydrogens (tertiary/aromatic N) is 1. The van der Waals surface area contributed by atoms with Crippen LogP contribution in [0.1, 0.15) is 30.4 Å². The maximum Gasteiger partial charge on any atom is 0.169 e. The molecule has 2 nitrogen and oxygen atoms in total. The molecule has 0 saturated carbocycles. The summed E-state index contributed by atoms with van der Waals surface area (Å²) in [5, 5.41) is 0. The largest absolute Gasteiger partial charge is 0.355 e. The fourth-order valence-electron chi connectivity index (χ4n) is 3.82. The van der Waals surface area contributed by atoms with Crippen LogP contribution in [-0.4, -0.2) is 26.1 Å². The van der Waals surface area contributed by atoms with Gasteiger partial charge in [0.2, 0.25) is 0 Å². The molecule has 130 valence electrons. The van der Waals surface area contributed by atoms with Gasteiger partial charge in [-0.25, -0.2) is 0 Å². The highest BCUT2D eigenvalue weighted by atomic mass is 16.5. The van der Waals surface area contributed by atoms with E-state index < -0.39 is 5.72 Å². The van der Waals surface area contributed by atoms with Gasteiger partial charge in [-0.1, -0.05) is 72.8 Å². The van der Waals surface area contributed by atoms with Crippen molar-refractivity contribution in [3.05, 3.63) is 89.0 Å². The second kappa shape index (κ2) is 7.81. The van der Waals surface area contributed by atoms with Gasteiger partial charge < -0.3 is 4.74 Å². The number of allylic oxidation sites excluding steroid dienone is 2. The Hall–Kier alpha value is -2.16. The van der Waals surface area contributed by atoms with Gasteiger partial charge >= 0.3 is 0 Å². The minimum absolute atomic E-state index is 0.516. The molecule has 0 N–H and O–H groups in total. The maximum absolute atomic E-state index is 6.15. The third-order valence-corrected chi connectivity index (χ3v) is 4.95. The minimum Gasteiger partial charge on any atom is -0.355 e. The molecule has 0 amide bonds. The van der Waals surface area contributed by atoms with Crippen molar-refractivity contribution in [1.82, 2.24) is 4.90 Å². The second-order valence-electron chi connectivity index (χ2n) is 6.76. The van der Waals surface area contributed by atoms with Crippen molar-refractivity contribution in [1.29, 1.82) is 0 Å². The lowest BCUT2D eigenvalue weighted by atomic mass is 9.83. The van der Waals surface area contributed by atoms with Gasteiger partial charge in [0.05, 0.1) is 0 Å². The fraction of sp³-hybridized carbons (Fsp3) is 0.304. The molecule has 2 heteroatoms. The number of benzene rings is 2. The Morgan fingerprint density at radius 1 is 0.920 bits per heavy atom. The highest BCUT2D eigenvalue weighted by molar-refractivity contribution is 5.57. The molecule has 0 fully saturated rings. The number of likely N-dealkylation sites (N-methyl/N-ethyl adjacent to an activating group) is 1. The molecule has 25 heavy (non-hydrogen) atoms. The van der Waals surface area contributed by atoms with E-state index in [0.29, 0.717) is 0 Å². The average Bonchev–Trinajstić information content (AvgIpc) is 2.65. The van der Waals surface area contributed by atoms with Gasteiger partial charge in [0, 0.05) is 12.7 Å². The molecule has 3 rings (SSSR count). The van der Waals surface area contributed by atoms with Gasteiger partial charge in [0.15, 0.2) is 5.72 Å². The monoisotopic (exact) mass is 333 g/mol. The molecule has 0 aliphatic heterocycles. The summed E-state index contributed by atoms with van der Waals surface area (Å²) in [5.41, 5.74) is 4.60. The summed E-state index contributed by atoms with van der Waals surface area (Å²) in [5.74, 6) is 0. The summed E-state index contributed by atoms with van der Waals surface area (Å²) >= 11 is 0. The molecular formula is C23H27NO. The average molecular weight is 333 g/mol. The molecule has 0 spiro atoms. The predicted molar refractivity (Wildman–Crippen MR) is 105 cm³/mol. The van der Waals surface area contributed by atoms with Gasteiger partial charge in [0.1, 0.15) is 0 Å². The molecule has 0 heterocycles. The number of hydrogen-bond donors (Lipinski definition) is 0. The van der Waals surface area contributed by atoms with E-state index in [4.69, 9.17) is 4.74 Å². The van der Waals surface area contributed by atoms with Gasteiger partial charge in [-0.05, 0) is 50.1 Å². The van der Waals surface area contributed by atoms with Crippen molar-refractivity contribution >= 4 is 6.08 Å². The van der Waals surface area contributed by atoms with Gasteiger partial charge in [-0.3, -0.25) is 4.90 Å². The number of rotatable bonds is 5. The Morgan fingerprint density at radius 3 is 2.16 bits per heavy atom. The van der Waals surface area contributed by atoms with E-state index in [9.17, 15) is 0 Å². The summed E-state index contributed by atoms with van der Waals surface area (Å²) in [6, 6.07) is 21.1. The van der Waals surface area contributed by atoms with Gasteiger partial charge in [-0.15, -0.1) is 0 Å². The predicted octanol–water partition coefficient (Wildman–Crippen LogP) is 5.24. The van der Waals surface area contributed by atoms with E-state index in [2.05, 4.69) is 91.8 Å². The van der Waals surface area contributed by atoms with Crippen molar-refractivity contribution < 1.29 is 4.74 Å². The summed E-state index contributed by atoms with van der Waals surface area (Å²) in [7, 11) is 5.99. The quantitative estimate of drug-likeness (QED) is 0.694. The number of ether oxygens (including phenoxy) is 1. The Kier molecular flexibility index (Phi) is 5.52. The van der Waals surface area contributed by atoms with Crippen LogP contribution in [0.2, 0.25) is 0 Å². The van der Waals surface area contributed by atoms with Crippen LogP contribution in [-0.2, 0) is 10.5 Å². The Morgan fingerprint density at radius 2 is 1.56 bits per heavy atom. The van der Waals surface area contributed by atoms with Crippen molar-refractivity contribution in [2.75, 3.05) is 21.2 Å². The van der Waals surface area contributed by atoms with Crippen LogP contribution in [0.5, 0.6) is 0 Å². The van der Waals surface area contributed by atoms with E-state index in [-0.39, 0.29) is 0 Å². The van der Waals surface area contributed by atoms with Crippen LogP contribution in [0.4, 0.5) is 0 Å². The summed E-state index contributed by atoms with van der Waals surface area (Å²) in [6.07, 6.45) is 7.94. The maximum atomic E-state index is 6.15. The molecule has 2 aromatic rings. The Labute approximate surface area is 151 Å². The lowest BCUT2D eigenvalue weighted by Gasteiger charge is -2.42. The van der Waals surface area contributed by atoms with Crippen molar-refractivity contribution in [2.45, 2.75) is 25.0 Å². The first-order valence-corrected chi connectivity index (χ1v) is 8.91. The third kappa shape index (κ3) is 3.60. The smallest absolute Gasteiger partial charge is 0.169 e. The zero-order valence-electron chi connectivity index (χ0n) is 15.4. The van der Waals surface area contributed by atoms with Crippen molar-refractivity contribution in [3.63, 3.8) is 0 Å². The zero-order valence-corrected chi connectivity index (χ0v) is 15.4. The lowest BCUT2D eigenvalue weighted by molar-refractivity contribution is -0.0931. The highest BCUT2D eigenvalue weighted by Gasteiger charge is 2.39. The topological polar surface area (TPSA) is 12.5 Å². The van der Waals surface area contributed by atoms with Crippen molar-refractivity contribution in [2.24, 2.45) is 0 Å². The van der Waals surface area contributed by atoms with Gasteiger partial charge in [0.25, 0.3) is 0 Å². The molecule has 1 aliphatic carbocycles. The Balaban J connectivity index is 2.05. The van der Waals surface area contributed by atoms with Crippen LogP contribution in [0.15, 0.2) is 77.9 Å². The van der Waals surface area contributed by atoms with Crippen LogP contribution >= 0.6 is 0 Å². The summed E-state index contributed by atoms with van der Waals surface area (Å²) in [6.45, 7) is 0. The Bertz CT molecular complexity index is 746. The molecule has 1 unspecified atom stereocenters. The standard InChI is InChI=1S/C23H27NO/c1-24(2)23(25-3,21-14-8-5-9-15-21)22-16-10-13-20(18-22)17-19-11-6-4-7-12-19/h4-9,11-12,14-15,17-18H,10,13,16H2,1-3H3. The second-order valence-corrected chi connectivity index (χ2v) is 6.76. The summed E-state index contributed by atoms with van der Waals surface area (Å²) < 4.78 is 6.15. The van der Waals surface area contributed by atoms with E-state index in [1.54, 1.807) is 0 Å². The molecule has 0 bridgehead atoms. The van der Waals surface area contributed by atoms with Crippen LogP contribution < -0.4 is 0 Å². The van der Waals surface area contributed by atoms with E-state index in [1.165, 1.54) is 22.3 Å². The van der Waals surface area contributed by atoms with E-state index >= 15 is 0 Å². The molecule has 0 saturated heterocycles. The minimum atomic E-state index is -0.516. The number of methoxy groups -OCH3 is 1. The first-order valence-electron chi connectivity index (χ1n) is 8.91. The van der Waals surface area contributed by atoms with Gasteiger partial charge in [-0.2, -0.15) is 0 Å². The fourth-order valence-corrected chi connectivity index (χ4v) is 3.82. The SMILES string of the molecule is COC(C1=CC(=Cc2ccccc2)CCC1)(c1ccccc1)N(C)C. The zero-order chi connectivity index (χ0) is 17.7. The van der Waals surface area contributed by atoms with E-state index in [0.717, 1.165) is 19.3 Å². The van der Waals surface area contributed by atoms with E-state index in [1.807, 2.05) is 7.11 Å². The first-order chi connectivity index (χ1) is 12.2. The number of hydrogen-bond acceptors (Lipinski definition) is 2. The van der Waals surface area contributed by atoms with Crippen LogP contribution in [0.25, 0.3) is 6.08 Å². The molecular weight excluding hydrogens is 306 g/mol. The molecule has 1 aliphatic rings. The van der Waals surface area contributed by atoms with Crippen LogP contribution in [0, 0.1) is 0 Å². The normalized spacial score (nSPS) is 18.9. The molecule has 0 aromatic heterocycles. The lowest BCUT2D eigenvalue weighted by Crippen LogP contribution is -2.45. The molecule has 0 radical (unpaired) electrons. The molecule has 1 atom stereocenters. The first kappa shape index (κ1) is 17.7. The highest BCUT2D eigenvalue weighted by Crippen LogP contribution is 2.41. The van der Waals surface area contributed by atoms with Crippen molar-refractivity contribution in [3.8, 4) is 0 Å². The molecule has 2 aromatic carbocycles. The third-order valence-electron chi connectivity index (χ3n) is 4.95. The summed E-state index contributed by atoms with van der Waals surface area (Å²) in [4.78, 5) is 2.18.